The molecule has 1 fully saturated rings. The molecule has 1 N–H and O–H groups in total. The Balaban J connectivity index is 1.33. The Morgan fingerprint density at radius 1 is 0.969 bits per heavy atom. The number of carbonyl (C=O) groups is 2. The van der Waals surface area contributed by atoms with Gasteiger partial charge in [-0.05, 0) is 68.9 Å². The SMILES string of the molecule is Cc1ccc(C)c(OCC(=O)NC2CCN(C(=O)CCCOc3ccccc3)CC2)c1C. The predicted molar refractivity (Wildman–Crippen MR) is 125 cm³/mol. The van der Waals surface area contributed by atoms with E-state index in [4.69, 9.17) is 9.47 Å². The fourth-order valence-corrected chi connectivity index (χ4v) is 3.92. The Labute approximate surface area is 190 Å². The molecule has 0 aliphatic carbocycles. The van der Waals surface area contributed by atoms with E-state index in [9.17, 15) is 9.59 Å². The van der Waals surface area contributed by atoms with Gasteiger partial charge in [0.1, 0.15) is 11.5 Å². The van der Waals surface area contributed by atoms with Crippen LogP contribution in [-0.4, -0.2) is 49.1 Å². The number of rotatable bonds is 9. The third kappa shape index (κ3) is 6.74. The van der Waals surface area contributed by atoms with Crippen LogP contribution in [0, 0.1) is 20.8 Å². The number of hydrogen-bond donors (Lipinski definition) is 1. The number of likely N-dealkylation sites (tertiary alicyclic amines) is 1. The molecular formula is C26H34N2O4. The van der Waals surface area contributed by atoms with Crippen molar-refractivity contribution in [3.8, 4) is 11.5 Å². The van der Waals surface area contributed by atoms with Crippen LogP contribution in [0.2, 0.25) is 0 Å². The number of carbonyl (C=O) groups excluding carboxylic acids is 2. The van der Waals surface area contributed by atoms with E-state index in [0.717, 1.165) is 41.0 Å². The maximum atomic E-state index is 12.5. The number of nitrogens with zero attached hydrogens (tertiary/aromatic N) is 1. The van der Waals surface area contributed by atoms with E-state index in [1.807, 2.05) is 62.1 Å². The number of piperidine rings is 1. The summed E-state index contributed by atoms with van der Waals surface area (Å²) in [6, 6.07) is 13.8. The summed E-state index contributed by atoms with van der Waals surface area (Å²) in [7, 11) is 0. The normalized spacial score (nSPS) is 14.2. The number of hydrogen-bond acceptors (Lipinski definition) is 4. The highest BCUT2D eigenvalue weighted by Crippen LogP contribution is 2.25. The molecule has 0 aromatic heterocycles. The Morgan fingerprint density at radius 3 is 2.38 bits per heavy atom. The van der Waals surface area contributed by atoms with E-state index in [1.54, 1.807) is 0 Å². The van der Waals surface area contributed by atoms with Gasteiger partial charge in [-0.2, -0.15) is 0 Å². The fourth-order valence-electron chi connectivity index (χ4n) is 3.92. The standard InChI is InChI=1S/C26H34N2O4/c1-19-11-12-20(2)26(21(19)3)32-18-24(29)27-22-13-15-28(16-14-22)25(30)10-7-17-31-23-8-5-4-6-9-23/h4-6,8-9,11-12,22H,7,10,13-18H2,1-3H3,(H,27,29). The Kier molecular flexibility index (Phi) is 8.54. The summed E-state index contributed by atoms with van der Waals surface area (Å²) in [5.74, 6) is 1.65. The minimum Gasteiger partial charge on any atom is -0.494 e. The molecule has 0 saturated carbocycles. The van der Waals surface area contributed by atoms with Crippen molar-refractivity contribution < 1.29 is 19.1 Å². The average Bonchev–Trinajstić information content (AvgIpc) is 2.80. The second-order valence-corrected chi connectivity index (χ2v) is 8.43. The third-order valence-corrected chi connectivity index (χ3v) is 5.98. The van der Waals surface area contributed by atoms with Gasteiger partial charge in [-0.15, -0.1) is 0 Å². The molecule has 172 valence electrons. The summed E-state index contributed by atoms with van der Waals surface area (Å²) in [6.45, 7) is 7.90. The number of ether oxygens (including phenoxy) is 2. The van der Waals surface area contributed by atoms with Crippen molar-refractivity contribution in [1.29, 1.82) is 0 Å². The fraction of sp³-hybridized carbons (Fsp3) is 0.462. The number of amides is 2. The zero-order chi connectivity index (χ0) is 22.9. The molecule has 0 spiro atoms. The van der Waals surface area contributed by atoms with Crippen LogP contribution in [0.15, 0.2) is 42.5 Å². The highest BCUT2D eigenvalue weighted by Gasteiger charge is 2.23. The first kappa shape index (κ1) is 23.6. The molecule has 1 saturated heterocycles. The van der Waals surface area contributed by atoms with Crippen LogP contribution in [0.1, 0.15) is 42.4 Å². The van der Waals surface area contributed by atoms with Crippen molar-refractivity contribution in [2.24, 2.45) is 0 Å². The first-order valence-corrected chi connectivity index (χ1v) is 11.4. The molecule has 0 atom stereocenters. The van der Waals surface area contributed by atoms with Crippen molar-refractivity contribution in [2.45, 2.75) is 52.5 Å². The third-order valence-electron chi connectivity index (χ3n) is 5.98. The Morgan fingerprint density at radius 2 is 1.66 bits per heavy atom. The molecule has 0 radical (unpaired) electrons. The van der Waals surface area contributed by atoms with E-state index in [1.165, 1.54) is 0 Å². The second kappa shape index (κ2) is 11.6. The molecule has 3 rings (SSSR count). The average molecular weight is 439 g/mol. The molecule has 2 aromatic rings. The van der Waals surface area contributed by atoms with Crippen LogP contribution in [0.4, 0.5) is 0 Å². The lowest BCUT2D eigenvalue weighted by molar-refractivity contribution is -0.132. The van der Waals surface area contributed by atoms with E-state index < -0.39 is 0 Å². The van der Waals surface area contributed by atoms with E-state index in [-0.39, 0.29) is 24.5 Å². The van der Waals surface area contributed by atoms with Crippen LogP contribution in [0.5, 0.6) is 11.5 Å². The van der Waals surface area contributed by atoms with Crippen molar-refractivity contribution in [3.63, 3.8) is 0 Å². The van der Waals surface area contributed by atoms with Crippen LogP contribution in [0.25, 0.3) is 0 Å². The topological polar surface area (TPSA) is 67.9 Å². The molecule has 0 bridgehead atoms. The van der Waals surface area contributed by atoms with Gasteiger partial charge in [0.2, 0.25) is 5.91 Å². The van der Waals surface area contributed by atoms with Crippen molar-refractivity contribution in [2.75, 3.05) is 26.3 Å². The summed E-state index contributed by atoms with van der Waals surface area (Å²) in [4.78, 5) is 26.7. The minimum absolute atomic E-state index is 0.00565. The van der Waals surface area contributed by atoms with Gasteiger partial charge in [0.05, 0.1) is 6.61 Å². The first-order valence-electron chi connectivity index (χ1n) is 11.4. The summed E-state index contributed by atoms with van der Waals surface area (Å²) < 4.78 is 11.5. The molecule has 1 aliphatic rings. The van der Waals surface area contributed by atoms with Crippen molar-refractivity contribution >= 4 is 11.8 Å². The van der Waals surface area contributed by atoms with Crippen LogP contribution < -0.4 is 14.8 Å². The van der Waals surface area contributed by atoms with E-state index in [2.05, 4.69) is 11.4 Å². The lowest BCUT2D eigenvalue weighted by Crippen LogP contribution is -2.47. The second-order valence-electron chi connectivity index (χ2n) is 8.43. The highest BCUT2D eigenvalue weighted by molar-refractivity contribution is 5.78. The lowest BCUT2D eigenvalue weighted by Gasteiger charge is -2.32. The van der Waals surface area contributed by atoms with Gasteiger partial charge in [-0.25, -0.2) is 0 Å². The van der Waals surface area contributed by atoms with Crippen molar-refractivity contribution in [1.82, 2.24) is 10.2 Å². The maximum absolute atomic E-state index is 12.5. The number of para-hydroxylation sites is 1. The summed E-state index contributed by atoms with van der Waals surface area (Å²) in [5.41, 5.74) is 3.25. The molecule has 6 heteroatoms. The van der Waals surface area contributed by atoms with Gasteiger partial charge >= 0.3 is 0 Å². The Hall–Kier alpha value is -3.02. The molecule has 1 heterocycles. The van der Waals surface area contributed by atoms with Gasteiger partial charge in [-0.3, -0.25) is 9.59 Å². The van der Waals surface area contributed by atoms with Gasteiger partial charge < -0.3 is 19.7 Å². The molecule has 2 amide bonds. The molecule has 32 heavy (non-hydrogen) atoms. The first-order chi connectivity index (χ1) is 15.4. The maximum Gasteiger partial charge on any atom is 0.258 e. The van der Waals surface area contributed by atoms with Crippen molar-refractivity contribution in [3.05, 3.63) is 59.2 Å². The summed E-state index contributed by atoms with van der Waals surface area (Å²) >= 11 is 0. The van der Waals surface area contributed by atoms with Gasteiger partial charge in [-0.1, -0.05) is 30.3 Å². The summed E-state index contributed by atoms with van der Waals surface area (Å²) in [6.07, 6.45) is 2.70. The van der Waals surface area contributed by atoms with Crippen LogP contribution >= 0.6 is 0 Å². The zero-order valence-corrected chi connectivity index (χ0v) is 19.4. The monoisotopic (exact) mass is 438 g/mol. The number of nitrogens with one attached hydrogen (secondary N) is 1. The van der Waals surface area contributed by atoms with Crippen LogP contribution in [0.3, 0.4) is 0 Å². The molecule has 2 aromatic carbocycles. The molecule has 1 aliphatic heterocycles. The largest absolute Gasteiger partial charge is 0.494 e. The molecule has 6 nitrogen and oxygen atoms in total. The summed E-state index contributed by atoms with van der Waals surface area (Å²) in [5, 5.41) is 3.05. The zero-order valence-electron chi connectivity index (χ0n) is 19.4. The minimum atomic E-state index is -0.117. The van der Waals surface area contributed by atoms with Gasteiger partial charge in [0.25, 0.3) is 5.91 Å². The number of aryl methyl sites for hydroxylation is 2. The molecular weight excluding hydrogens is 404 g/mol. The number of benzene rings is 2. The lowest BCUT2D eigenvalue weighted by atomic mass is 10.0. The van der Waals surface area contributed by atoms with E-state index in [0.29, 0.717) is 32.5 Å². The Bertz CT molecular complexity index is 906. The molecule has 0 unspecified atom stereocenters. The smallest absolute Gasteiger partial charge is 0.258 e. The van der Waals surface area contributed by atoms with E-state index >= 15 is 0 Å². The van der Waals surface area contributed by atoms with Gasteiger partial charge in [0, 0.05) is 25.6 Å². The predicted octanol–water partition coefficient (Wildman–Crippen LogP) is 3.96. The van der Waals surface area contributed by atoms with Gasteiger partial charge in [0.15, 0.2) is 6.61 Å². The highest BCUT2D eigenvalue weighted by atomic mass is 16.5. The van der Waals surface area contributed by atoms with Crippen LogP contribution in [-0.2, 0) is 9.59 Å². The quantitative estimate of drug-likeness (QED) is 0.602.